The van der Waals surface area contributed by atoms with Crippen LogP contribution in [0.4, 0.5) is 0 Å². The summed E-state index contributed by atoms with van der Waals surface area (Å²) in [5.74, 6) is -0.663. The van der Waals surface area contributed by atoms with Crippen LogP contribution in [0.1, 0.15) is 35.7 Å². The van der Waals surface area contributed by atoms with Crippen molar-refractivity contribution < 1.29 is 9.59 Å². The van der Waals surface area contributed by atoms with Crippen LogP contribution in [-0.4, -0.2) is 18.4 Å². The Morgan fingerprint density at radius 1 is 1.04 bits per heavy atom. The minimum atomic E-state index is -0.357. The van der Waals surface area contributed by atoms with Crippen LogP contribution < -0.4 is 10.6 Å². The number of hydrogen-bond donors (Lipinski definition) is 2. The van der Waals surface area contributed by atoms with Crippen LogP contribution >= 0.6 is 11.6 Å². The largest absolute Gasteiger partial charge is 0.351 e. The molecule has 0 aromatic heterocycles. The number of carbonyl (C=O) groups is 2. The lowest BCUT2D eigenvalue weighted by atomic mass is 10.1. The van der Waals surface area contributed by atoms with E-state index in [1.165, 1.54) is 0 Å². The Balaban J connectivity index is 2.18. The zero-order valence-electron chi connectivity index (χ0n) is 14.1. The summed E-state index contributed by atoms with van der Waals surface area (Å²) in [7, 11) is 0. The van der Waals surface area contributed by atoms with Gasteiger partial charge in [-0.05, 0) is 42.3 Å². The van der Waals surface area contributed by atoms with Gasteiger partial charge in [0.1, 0.15) is 5.70 Å². The number of carbonyl (C=O) groups excluding carboxylic acids is 2. The first kappa shape index (κ1) is 18.7. The molecule has 2 aromatic rings. The van der Waals surface area contributed by atoms with E-state index in [4.69, 9.17) is 11.6 Å². The van der Waals surface area contributed by atoms with Crippen LogP contribution in [0.5, 0.6) is 0 Å². The normalized spacial score (nSPS) is 11.0. The number of benzene rings is 2. The summed E-state index contributed by atoms with van der Waals surface area (Å²) in [5, 5.41) is 6.07. The molecule has 2 amide bonds. The molecule has 0 saturated carbocycles. The summed E-state index contributed by atoms with van der Waals surface area (Å²) in [4.78, 5) is 24.8. The van der Waals surface area contributed by atoms with E-state index in [0.29, 0.717) is 17.1 Å². The van der Waals surface area contributed by atoms with Crippen LogP contribution in [0, 0.1) is 0 Å². The Morgan fingerprint density at radius 3 is 2.36 bits per heavy atom. The van der Waals surface area contributed by atoms with Gasteiger partial charge in [-0.1, -0.05) is 55.3 Å². The van der Waals surface area contributed by atoms with E-state index in [9.17, 15) is 9.59 Å². The summed E-state index contributed by atoms with van der Waals surface area (Å²) in [6, 6.07) is 15.9. The molecule has 0 unspecified atom stereocenters. The Hall–Kier alpha value is -2.59. The summed E-state index contributed by atoms with van der Waals surface area (Å²) in [6.45, 7) is 2.62. The minimum absolute atomic E-state index is 0.210. The van der Waals surface area contributed by atoms with E-state index in [1.807, 2.05) is 30.3 Å². The fourth-order valence-corrected chi connectivity index (χ4v) is 2.27. The molecule has 2 N–H and O–H groups in total. The highest BCUT2D eigenvalue weighted by molar-refractivity contribution is 6.30. The zero-order chi connectivity index (χ0) is 18.1. The van der Waals surface area contributed by atoms with Crippen molar-refractivity contribution in [3.8, 4) is 0 Å². The molecule has 0 saturated heterocycles. The van der Waals surface area contributed by atoms with Gasteiger partial charge in [0.15, 0.2) is 0 Å². The summed E-state index contributed by atoms with van der Waals surface area (Å²) in [6.07, 6.45) is 3.53. The van der Waals surface area contributed by atoms with E-state index in [2.05, 4.69) is 17.6 Å². The van der Waals surface area contributed by atoms with E-state index in [-0.39, 0.29) is 17.5 Å². The molecule has 2 rings (SSSR count). The van der Waals surface area contributed by atoms with Crippen molar-refractivity contribution >= 4 is 29.5 Å². The van der Waals surface area contributed by atoms with E-state index < -0.39 is 0 Å². The Labute approximate surface area is 152 Å². The third-order valence-electron chi connectivity index (χ3n) is 3.53. The van der Waals surface area contributed by atoms with Crippen molar-refractivity contribution in [1.82, 2.24) is 10.6 Å². The predicted octanol–water partition coefficient (Wildman–Crippen LogP) is 4.03. The molecule has 0 bridgehead atoms. The first-order chi connectivity index (χ1) is 12.1. The maximum Gasteiger partial charge on any atom is 0.267 e. The molecular weight excluding hydrogens is 336 g/mol. The van der Waals surface area contributed by atoms with Gasteiger partial charge in [0.2, 0.25) is 0 Å². The summed E-state index contributed by atoms with van der Waals surface area (Å²) < 4.78 is 0. The number of rotatable bonds is 7. The van der Waals surface area contributed by atoms with Crippen molar-refractivity contribution in [1.29, 1.82) is 0 Å². The first-order valence-corrected chi connectivity index (χ1v) is 8.60. The zero-order valence-corrected chi connectivity index (χ0v) is 14.8. The summed E-state index contributed by atoms with van der Waals surface area (Å²) in [5.41, 5.74) is 1.48. The lowest BCUT2D eigenvalue weighted by molar-refractivity contribution is -0.117. The van der Waals surface area contributed by atoms with E-state index in [1.54, 1.807) is 30.3 Å². The number of amides is 2. The Morgan fingerprint density at radius 2 is 1.72 bits per heavy atom. The molecule has 0 aliphatic carbocycles. The van der Waals surface area contributed by atoms with Crippen LogP contribution in [-0.2, 0) is 4.79 Å². The predicted molar refractivity (Wildman–Crippen MR) is 101 cm³/mol. The standard InChI is InChI=1S/C20H21ClN2O2/c1-2-3-13-22-20(25)18(14-15-7-5-4-6-8-15)23-19(24)16-9-11-17(21)12-10-16/h4-12,14H,2-3,13H2,1H3,(H,22,25)(H,23,24). The third-order valence-corrected chi connectivity index (χ3v) is 3.78. The molecule has 5 heteroatoms. The summed E-state index contributed by atoms with van der Waals surface area (Å²) >= 11 is 5.84. The van der Waals surface area contributed by atoms with Gasteiger partial charge in [-0.15, -0.1) is 0 Å². The number of nitrogens with one attached hydrogen (secondary N) is 2. The highest BCUT2D eigenvalue weighted by Crippen LogP contribution is 2.11. The second-order valence-corrected chi connectivity index (χ2v) is 5.98. The average Bonchev–Trinajstić information content (AvgIpc) is 2.62. The maximum absolute atomic E-state index is 12.4. The van der Waals surface area contributed by atoms with Crippen molar-refractivity contribution in [2.24, 2.45) is 0 Å². The van der Waals surface area contributed by atoms with Crippen LogP contribution in [0.25, 0.3) is 6.08 Å². The average molecular weight is 357 g/mol. The van der Waals surface area contributed by atoms with Gasteiger partial charge in [-0.3, -0.25) is 9.59 Å². The van der Waals surface area contributed by atoms with Crippen LogP contribution in [0.2, 0.25) is 5.02 Å². The van der Waals surface area contributed by atoms with Crippen LogP contribution in [0.15, 0.2) is 60.3 Å². The molecule has 4 nitrogen and oxygen atoms in total. The van der Waals surface area contributed by atoms with Crippen molar-refractivity contribution in [2.45, 2.75) is 19.8 Å². The minimum Gasteiger partial charge on any atom is -0.351 e. The highest BCUT2D eigenvalue weighted by Gasteiger charge is 2.14. The fourth-order valence-electron chi connectivity index (χ4n) is 2.14. The smallest absolute Gasteiger partial charge is 0.267 e. The van der Waals surface area contributed by atoms with Gasteiger partial charge in [-0.2, -0.15) is 0 Å². The van der Waals surface area contributed by atoms with E-state index in [0.717, 1.165) is 18.4 Å². The Bertz CT molecular complexity index is 740. The topological polar surface area (TPSA) is 58.2 Å². The van der Waals surface area contributed by atoms with Gasteiger partial charge in [0.05, 0.1) is 0 Å². The molecule has 0 aliphatic heterocycles. The van der Waals surface area contributed by atoms with Gasteiger partial charge in [0.25, 0.3) is 11.8 Å². The van der Waals surface area contributed by atoms with Gasteiger partial charge < -0.3 is 10.6 Å². The molecular formula is C20H21ClN2O2. The second kappa shape index (κ2) is 9.64. The number of unbranched alkanes of at least 4 members (excludes halogenated alkanes) is 1. The lowest BCUT2D eigenvalue weighted by Gasteiger charge is -2.11. The van der Waals surface area contributed by atoms with Crippen LogP contribution in [0.3, 0.4) is 0 Å². The molecule has 25 heavy (non-hydrogen) atoms. The molecule has 0 atom stereocenters. The molecule has 0 heterocycles. The van der Waals surface area contributed by atoms with Gasteiger partial charge in [0, 0.05) is 17.1 Å². The fraction of sp³-hybridized carbons (Fsp3) is 0.200. The Kier molecular flexibility index (Phi) is 7.23. The maximum atomic E-state index is 12.4. The quantitative estimate of drug-likeness (QED) is 0.581. The second-order valence-electron chi connectivity index (χ2n) is 5.54. The molecule has 130 valence electrons. The lowest BCUT2D eigenvalue weighted by Crippen LogP contribution is -2.35. The first-order valence-electron chi connectivity index (χ1n) is 8.22. The van der Waals surface area contributed by atoms with Crippen molar-refractivity contribution in [3.63, 3.8) is 0 Å². The molecule has 0 aliphatic rings. The SMILES string of the molecule is CCCCNC(=O)C(=Cc1ccccc1)NC(=O)c1ccc(Cl)cc1. The molecule has 0 spiro atoms. The third kappa shape index (κ3) is 6.08. The van der Waals surface area contributed by atoms with Crippen molar-refractivity contribution in [2.75, 3.05) is 6.54 Å². The van der Waals surface area contributed by atoms with E-state index >= 15 is 0 Å². The number of halogens is 1. The van der Waals surface area contributed by atoms with Gasteiger partial charge >= 0.3 is 0 Å². The van der Waals surface area contributed by atoms with Gasteiger partial charge in [-0.25, -0.2) is 0 Å². The molecule has 0 radical (unpaired) electrons. The van der Waals surface area contributed by atoms with Crippen molar-refractivity contribution in [3.05, 3.63) is 76.4 Å². The number of hydrogen-bond acceptors (Lipinski definition) is 2. The highest BCUT2D eigenvalue weighted by atomic mass is 35.5. The molecule has 2 aromatic carbocycles. The molecule has 0 fully saturated rings. The monoisotopic (exact) mass is 356 g/mol.